The van der Waals surface area contributed by atoms with Crippen molar-refractivity contribution >= 4 is 17.7 Å². The SMILES string of the molecule is COc1cccc([C@@H]2CCCCN2C(=O)c2ccc(SCCO)cc2)c1. The molecule has 0 aromatic heterocycles. The molecule has 0 aliphatic carbocycles. The number of piperidine rings is 1. The molecule has 138 valence electrons. The van der Waals surface area contributed by atoms with Gasteiger partial charge in [0.25, 0.3) is 5.91 Å². The number of nitrogens with zero attached hydrogens (tertiary/aromatic N) is 1. The number of hydrogen-bond donors (Lipinski definition) is 1. The van der Waals surface area contributed by atoms with Gasteiger partial charge in [-0.15, -0.1) is 11.8 Å². The highest BCUT2D eigenvalue weighted by Gasteiger charge is 2.28. The zero-order valence-electron chi connectivity index (χ0n) is 15.1. The Labute approximate surface area is 159 Å². The molecule has 4 nitrogen and oxygen atoms in total. The zero-order valence-corrected chi connectivity index (χ0v) is 15.9. The molecule has 1 N–H and O–H groups in total. The molecule has 3 rings (SSSR count). The van der Waals surface area contributed by atoms with Crippen LogP contribution in [-0.2, 0) is 0 Å². The van der Waals surface area contributed by atoms with Crippen LogP contribution in [0.25, 0.3) is 0 Å². The van der Waals surface area contributed by atoms with Gasteiger partial charge in [0.05, 0.1) is 19.8 Å². The summed E-state index contributed by atoms with van der Waals surface area (Å²) in [6, 6.07) is 15.8. The normalized spacial score (nSPS) is 17.2. The Morgan fingerprint density at radius 3 is 2.77 bits per heavy atom. The van der Waals surface area contributed by atoms with Crippen LogP contribution in [-0.4, -0.2) is 41.9 Å². The number of aliphatic hydroxyl groups is 1. The van der Waals surface area contributed by atoms with Gasteiger partial charge in [0.15, 0.2) is 0 Å². The molecular formula is C21H25NO3S. The molecule has 1 atom stereocenters. The van der Waals surface area contributed by atoms with E-state index in [4.69, 9.17) is 9.84 Å². The third kappa shape index (κ3) is 4.40. The lowest BCUT2D eigenvalue weighted by molar-refractivity contribution is 0.0611. The molecule has 1 aliphatic heterocycles. The molecule has 0 spiro atoms. The Balaban J connectivity index is 1.79. The second-order valence-corrected chi connectivity index (χ2v) is 7.55. The first kappa shape index (κ1) is 18.8. The number of likely N-dealkylation sites (tertiary alicyclic amines) is 1. The second-order valence-electron chi connectivity index (χ2n) is 6.38. The molecule has 0 unspecified atom stereocenters. The fraction of sp³-hybridized carbons (Fsp3) is 0.381. The number of aliphatic hydroxyl groups excluding tert-OH is 1. The second kappa shape index (κ2) is 9.10. The minimum Gasteiger partial charge on any atom is -0.497 e. The van der Waals surface area contributed by atoms with E-state index >= 15 is 0 Å². The fourth-order valence-corrected chi connectivity index (χ4v) is 4.05. The van der Waals surface area contributed by atoms with Gasteiger partial charge in [0.2, 0.25) is 0 Å². The van der Waals surface area contributed by atoms with E-state index in [9.17, 15) is 4.79 Å². The third-order valence-corrected chi connectivity index (χ3v) is 5.70. The molecule has 2 aromatic rings. The number of thioether (sulfide) groups is 1. The van der Waals surface area contributed by atoms with Gasteiger partial charge in [0.1, 0.15) is 5.75 Å². The summed E-state index contributed by atoms with van der Waals surface area (Å²) in [6.45, 7) is 0.934. The van der Waals surface area contributed by atoms with Crippen LogP contribution in [0.15, 0.2) is 53.4 Å². The maximum atomic E-state index is 13.1. The van der Waals surface area contributed by atoms with Gasteiger partial charge >= 0.3 is 0 Å². The number of carbonyl (C=O) groups excluding carboxylic acids is 1. The van der Waals surface area contributed by atoms with Crippen LogP contribution < -0.4 is 4.74 Å². The molecule has 0 radical (unpaired) electrons. The molecule has 5 heteroatoms. The molecule has 2 aromatic carbocycles. The average molecular weight is 372 g/mol. The monoisotopic (exact) mass is 371 g/mol. The van der Waals surface area contributed by atoms with Gasteiger partial charge in [-0.3, -0.25) is 4.79 Å². The van der Waals surface area contributed by atoms with Crippen molar-refractivity contribution in [2.45, 2.75) is 30.2 Å². The van der Waals surface area contributed by atoms with E-state index in [0.717, 1.165) is 42.0 Å². The Morgan fingerprint density at radius 2 is 2.04 bits per heavy atom. The van der Waals surface area contributed by atoms with Crippen LogP contribution >= 0.6 is 11.8 Å². The predicted octanol–water partition coefficient (Wildman–Crippen LogP) is 4.15. The minimum absolute atomic E-state index is 0.0798. The average Bonchev–Trinajstić information content (AvgIpc) is 2.72. The molecule has 1 amide bonds. The van der Waals surface area contributed by atoms with Crippen molar-refractivity contribution in [3.63, 3.8) is 0 Å². The van der Waals surface area contributed by atoms with Gasteiger partial charge in [-0.2, -0.15) is 0 Å². The van der Waals surface area contributed by atoms with E-state index in [1.807, 2.05) is 47.4 Å². The highest BCUT2D eigenvalue weighted by molar-refractivity contribution is 7.99. The number of methoxy groups -OCH3 is 1. The summed E-state index contributed by atoms with van der Waals surface area (Å²) in [5.74, 6) is 1.57. The summed E-state index contributed by atoms with van der Waals surface area (Å²) < 4.78 is 5.35. The van der Waals surface area contributed by atoms with Crippen LogP contribution in [0, 0.1) is 0 Å². The first-order valence-electron chi connectivity index (χ1n) is 9.01. The van der Waals surface area contributed by atoms with E-state index in [1.165, 1.54) is 0 Å². The van der Waals surface area contributed by atoms with Crippen LogP contribution in [0.3, 0.4) is 0 Å². The first-order chi connectivity index (χ1) is 12.7. The quantitative estimate of drug-likeness (QED) is 0.775. The summed E-state index contributed by atoms with van der Waals surface area (Å²) in [6.07, 6.45) is 3.14. The Hall–Kier alpha value is -1.98. The minimum atomic E-state index is 0.0798. The number of benzene rings is 2. The summed E-state index contributed by atoms with van der Waals surface area (Å²) in [4.78, 5) is 16.2. The van der Waals surface area contributed by atoms with Gasteiger partial charge in [-0.1, -0.05) is 12.1 Å². The van der Waals surface area contributed by atoms with E-state index in [2.05, 4.69) is 6.07 Å². The highest BCUT2D eigenvalue weighted by Crippen LogP contribution is 2.33. The third-order valence-electron chi connectivity index (χ3n) is 4.70. The van der Waals surface area contributed by atoms with Crippen LogP contribution in [0.4, 0.5) is 0 Å². The molecule has 0 bridgehead atoms. The fourth-order valence-electron chi connectivity index (χ4n) is 3.39. The van der Waals surface area contributed by atoms with Gasteiger partial charge in [0, 0.05) is 22.8 Å². The largest absolute Gasteiger partial charge is 0.497 e. The first-order valence-corrected chi connectivity index (χ1v) is 10.00. The van der Waals surface area contributed by atoms with Gasteiger partial charge in [-0.25, -0.2) is 0 Å². The summed E-state index contributed by atoms with van der Waals surface area (Å²) in [7, 11) is 1.67. The van der Waals surface area contributed by atoms with Crippen LogP contribution in [0.2, 0.25) is 0 Å². The number of ether oxygens (including phenoxy) is 1. The molecule has 26 heavy (non-hydrogen) atoms. The Morgan fingerprint density at radius 1 is 1.23 bits per heavy atom. The lowest BCUT2D eigenvalue weighted by atomic mass is 9.94. The smallest absolute Gasteiger partial charge is 0.254 e. The molecule has 1 heterocycles. The highest BCUT2D eigenvalue weighted by atomic mass is 32.2. The molecular weight excluding hydrogens is 346 g/mol. The van der Waals surface area contributed by atoms with E-state index in [-0.39, 0.29) is 18.6 Å². The van der Waals surface area contributed by atoms with Crippen LogP contribution in [0.5, 0.6) is 5.75 Å². The van der Waals surface area contributed by atoms with Gasteiger partial charge in [-0.05, 0) is 61.2 Å². The van der Waals surface area contributed by atoms with Crippen molar-refractivity contribution in [1.29, 1.82) is 0 Å². The molecule has 1 fully saturated rings. The van der Waals surface area contributed by atoms with E-state index in [0.29, 0.717) is 11.3 Å². The number of hydrogen-bond acceptors (Lipinski definition) is 4. The Kier molecular flexibility index (Phi) is 6.58. The lowest BCUT2D eigenvalue weighted by Gasteiger charge is -2.36. The topological polar surface area (TPSA) is 49.8 Å². The maximum absolute atomic E-state index is 13.1. The molecule has 1 saturated heterocycles. The number of carbonyl (C=O) groups is 1. The summed E-state index contributed by atoms with van der Waals surface area (Å²) >= 11 is 1.59. The summed E-state index contributed by atoms with van der Waals surface area (Å²) in [5.41, 5.74) is 1.85. The lowest BCUT2D eigenvalue weighted by Crippen LogP contribution is -2.38. The van der Waals surface area contributed by atoms with Gasteiger partial charge < -0.3 is 14.7 Å². The number of rotatable bonds is 6. The Bertz CT molecular complexity index is 732. The van der Waals surface area contributed by atoms with Crippen molar-refractivity contribution < 1.29 is 14.6 Å². The predicted molar refractivity (Wildman–Crippen MR) is 105 cm³/mol. The summed E-state index contributed by atoms with van der Waals surface area (Å²) in [5, 5.41) is 8.92. The van der Waals surface area contributed by atoms with Crippen molar-refractivity contribution in [3.8, 4) is 5.75 Å². The molecule has 0 saturated carbocycles. The van der Waals surface area contributed by atoms with E-state index in [1.54, 1.807) is 18.9 Å². The van der Waals surface area contributed by atoms with E-state index < -0.39 is 0 Å². The molecule has 1 aliphatic rings. The van der Waals surface area contributed by atoms with Crippen molar-refractivity contribution in [2.75, 3.05) is 26.0 Å². The van der Waals surface area contributed by atoms with Crippen molar-refractivity contribution in [1.82, 2.24) is 4.90 Å². The van der Waals surface area contributed by atoms with Crippen LogP contribution in [0.1, 0.15) is 41.2 Å². The standard InChI is InChI=1S/C21H25NO3S/c1-25-18-6-4-5-17(15-18)20-7-2-3-12-22(20)21(24)16-8-10-19(11-9-16)26-14-13-23/h4-6,8-11,15,20,23H,2-3,7,12-14H2,1H3/t20-/m0/s1. The number of amides is 1. The zero-order chi connectivity index (χ0) is 18.4. The van der Waals surface area contributed by atoms with Crippen molar-refractivity contribution in [3.05, 3.63) is 59.7 Å². The van der Waals surface area contributed by atoms with Crippen molar-refractivity contribution in [2.24, 2.45) is 0 Å². The maximum Gasteiger partial charge on any atom is 0.254 e.